The zero-order valence-electron chi connectivity index (χ0n) is 21.3. The van der Waals surface area contributed by atoms with E-state index in [0.29, 0.717) is 22.6 Å². The Morgan fingerprint density at radius 3 is 2.55 bits per heavy atom. The number of hydrogen-bond donors (Lipinski definition) is 0. The number of nitrogens with zero attached hydrogens (tertiary/aromatic N) is 3. The summed E-state index contributed by atoms with van der Waals surface area (Å²) in [6.07, 6.45) is 4.25. The fourth-order valence-corrected chi connectivity index (χ4v) is 5.25. The molecule has 0 bridgehead atoms. The number of hydrogen-bond acceptors (Lipinski definition) is 7. The third kappa shape index (κ3) is 4.48. The highest BCUT2D eigenvalue weighted by atomic mass is 16.7. The number of fused-ring (bicyclic) bond motifs is 2. The molecule has 0 spiro atoms. The number of ether oxygens (including phenoxy) is 3. The average molecular weight is 512 g/mol. The van der Waals surface area contributed by atoms with Crippen LogP contribution in [0.5, 0.6) is 17.2 Å². The van der Waals surface area contributed by atoms with Crippen molar-refractivity contribution in [2.24, 2.45) is 0 Å². The maximum absolute atomic E-state index is 13.5. The number of piperazine rings is 1. The van der Waals surface area contributed by atoms with Crippen molar-refractivity contribution < 1.29 is 23.8 Å². The number of carbonyl (C=O) groups is 2. The summed E-state index contributed by atoms with van der Waals surface area (Å²) >= 11 is 0. The standard InChI is InChI=1S/C30H29N3O5/c1-36-25-10-3-2-6-22(25)7-5-13-31-14-16-32(17-15-31)24-9-4-8-23-28(24)30(35)33(29(23)34)19-21-11-12-26-27(18-21)38-20-37-26/h2-12,18H,13-17,19-20H2,1H3/b7-5+. The Kier molecular flexibility index (Phi) is 6.47. The van der Waals surface area contributed by atoms with Crippen molar-refractivity contribution in [3.8, 4) is 17.2 Å². The fourth-order valence-electron chi connectivity index (χ4n) is 5.25. The molecule has 0 atom stereocenters. The van der Waals surface area contributed by atoms with Gasteiger partial charge in [0.15, 0.2) is 11.5 Å². The lowest BCUT2D eigenvalue weighted by atomic mass is 10.1. The van der Waals surface area contributed by atoms with Gasteiger partial charge in [-0.3, -0.25) is 19.4 Å². The van der Waals surface area contributed by atoms with Gasteiger partial charge in [-0.2, -0.15) is 0 Å². The molecule has 38 heavy (non-hydrogen) atoms. The van der Waals surface area contributed by atoms with Crippen LogP contribution in [0.4, 0.5) is 5.69 Å². The highest BCUT2D eigenvalue weighted by molar-refractivity contribution is 6.23. The predicted molar refractivity (Wildman–Crippen MR) is 144 cm³/mol. The molecule has 8 nitrogen and oxygen atoms in total. The Balaban J connectivity index is 1.12. The maximum atomic E-state index is 13.5. The molecule has 0 radical (unpaired) electrons. The van der Waals surface area contributed by atoms with Crippen LogP contribution in [0, 0.1) is 0 Å². The van der Waals surface area contributed by atoms with Crippen molar-refractivity contribution in [2.45, 2.75) is 6.54 Å². The van der Waals surface area contributed by atoms with E-state index in [9.17, 15) is 9.59 Å². The molecule has 8 heteroatoms. The monoisotopic (exact) mass is 511 g/mol. The second kappa shape index (κ2) is 10.2. The lowest BCUT2D eigenvalue weighted by molar-refractivity contribution is 0.0642. The van der Waals surface area contributed by atoms with Crippen molar-refractivity contribution >= 4 is 23.6 Å². The largest absolute Gasteiger partial charge is 0.496 e. The van der Waals surface area contributed by atoms with Gasteiger partial charge in [0, 0.05) is 38.3 Å². The summed E-state index contributed by atoms with van der Waals surface area (Å²) in [5.41, 5.74) is 3.68. The average Bonchev–Trinajstić information content (AvgIpc) is 3.52. The van der Waals surface area contributed by atoms with Gasteiger partial charge >= 0.3 is 0 Å². The summed E-state index contributed by atoms with van der Waals surface area (Å²) in [7, 11) is 1.68. The number of rotatable bonds is 7. The van der Waals surface area contributed by atoms with Crippen LogP contribution < -0.4 is 19.1 Å². The Labute approximate surface area is 221 Å². The fraction of sp³-hybridized carbons (Fsp3) is 0.267. The minimum absolute atomic E-state index is 0.181. The topological polar surface area (TPSA) is 71.6 Å². The number of benzene rings is 3. The molecule has 6 rings (SSSR count). The smallest absolute Gasteiger partial charge is 0.263 e. The molecule has 0 aliphatic carbocycles. The lowest BCUT2D eigenvalue weighted by Gasteiger charge is -2.36. The molecule has 0 aromatic heterocycles. The molecule has 3 aliphatic rings. The Hall–Kier alpha value is -4.30. The molecule has 3 heterocycles. The van der Waals surface area contributed by atoms with Gasteiger partial charge in [0.25, 0.3) is 11.8 Å². The quantitative estimate of drug-likeness (QED) is 0.443. The summed E-state index contributed by atoms with van der Waals surface area (Å²) < 4.78 is 16.2. The first-order valence-corrected chi connectivity index (χ1v) is 12.8. The SMILES string of the molecule is COc1ccccc1/C=C/CN1CCN(c2cccc3c2C(=O)N(Cc2ccc4c(c2)OCO4)C3=O)CC1. The first-order chi connectivity index (χ1) is 18.6. The number of methoxy groups -OCH3 is 1. The van der Waals surface area contributed by atoms with E-state index in [0.717, 1.165) is 55.3 Å². The van der Waals surface area contributed by atoms with E-state index in [1.165, 1.54) is 4.90 Å². The third-order valence-electron chi connectivity index (χ3n) is 7.27. The summed E-state index contributed by atoms with van der Waals surface area (Å²) in [6, 6.07) is 19.0. The number of amides is 2. The second-order valence-corrected chi connectivity index (χ2v) is 9.52. The molecule has 0 N–H and O–H groups in total. The van der Waals surface area contributed by atoms with Crippen LogP contribution in [0.1, 0.15) is 31.8 Å². The van der Waals surface area contributed by atoms with Gasteiger partial charge in [-0.25, -0.2) is 0 Å². The minimum Gasteiger partial charge on any atom is -0.496 e. The maximum Gasteiger partial charge on any atom is 0.263 e. The van der Waals surface area contributed by atoms with E-state index in [1.807, 2.05) is 54.6 Å². The van der Waals surface area contributed by atoms with Crippen LogP contribution in [0.15, 0.2) is 66.7 Å². The number of imide groups is 1. The number of anilines is 1. The molecule has 3 aliphatic heterocycles. The van der Waals surface area contributed by atoms with E-state index in [1.54, 1.807) is 13.2 Å². The highest BCUT2D eigenvalue weighted by Crippen LogP contribution is 2.36. The van der Waals surface area contributed by atoms with E-state index in [4.69, 9.17) is 14.2 Å². The highest BCUT2D eigenvalue weighted by Gasteiger charge is 2.39. The molecule has 1 saturated heterocycles. The van der Waals surface area contributed by atoms with E-state index >= 15 is 0 Å². The van der Waals surface area contributed by atoms with Crippen LogP contribution in [0.25, 0.3) is 6.08 Å². The van der Waals surface area contributed by atoms with Crippen LogP contribution in [-0.4, -0.2) is 68.2 Å². The first kappa shape index (κ1) is 24.1. The molecular formula is C30H29N3O5. The first-order valence-electron chi connectivity index (χ1n) is 12.8. The minimum atomic E-state index is -0.260. The second-order valence-electron chi connectivity index (χ2n) is 9.52. The van der Waals surface area contributed by atoms with Gasteiger partial charge in [0.05, 0.1) is 30.5 Å². The van der Waals surface area contributed by atoms with Crippen molar-refractivity contribution in [2.75, 3.05) is 51.5 Å². The third-order valence-corrected chi connectivity index (χ3v) is 7.27. The van der Waals surface area contributed by atoms with Gasteiger partial charge in [0.2, 0.25) is 6.79 Å². The molecule has 2 amide bonds. The van der Waals surface area contributed by atoms with Gasteiger partial charge in [-0.1, -0.05) is 42.5 Å². The van der Waals surface area contributed by atoms with Gasteiger partial charge in [-0.05, 0) is 35.9 Å². The van der Waals surface area contributed by atoms with Gasteiger partial charge < -0.3 is 19.1 Å². The molecule has 194 valence electrons. The molecule has 0 unspecified atom stereocenters. The summed E-state index contributed by atoms with van der Waals surface area (Å²) in [5, 5.41) is 0. The Morgan fingerprint density at radius 2 is 1.71 bits per heavy atom. The summed E-state index contributed by atoms with van der Waals surface area (Å²) in [4.78, 5) is 32.6. The lowest BCUT2D eigenvalue weighted by Crippen LogP contribution is -2.46. The van der Waals surface area contributed by atoms with E-state index < -0.39 is 0 Å². The van der Waals surface area contributed by atoms with Crippen LogP contribution >= 0.6 is 0 Å². The summed E-state index contributed by atoms with van der Waals surface area (Å²) in [5.74, 6) is 1.66. The van der Waals surface area contributed by atoms with Crippen molar-refractivity contribution in [1.29, 1.82) is 0 Å². The zero-order valence-corrected chi connectivity index (χ0v) is 21.3. The van der Waals surface area contributed by atoms with Crippen molar-refractivity contribution in [3.63, 3.8) is 0 Å². The molecule has 3 aromatic carbocycles. The van der Waals surface area contributed by atoms with Crippen LogP contribution in [0.2, 0.25) is 0 Å². The van der Waals surface area contributed by atoms with Gasteiger partial charge in [0.1, 0.15) is 5.75 Å². The van der Waals surface area contributed by atoms with Gasteiger partial charge in [-0.15, -0.1) is 0 Å². The predicted octanol–water partition coefficient (Wildman–Crippen LogP) is 4.06. The molecule has 3 aromatic rings. The Morgan fingerprint density at radius 1 is 0.895 bits per heavy atom. The number of para-hydroxylation sites is 1. The van der Waals surface area contributed by atoms with E-state index in [2.05, 4.69) is 22.0 Å². The van der Waals surface area contributed by atoms with Crippen LogP contribution in [-0.2, 0) is 6.54 Å². The number of carbonyl (C=O) groups excluding carboxylic acids is 2. The molecule has 0 saturated carbocycles. The Bertz CT molecular complexity index is 1410. The molecule has 1 fully saturated rings. The van der Waals surface area contributed by atoms with Crippen molar-refractivity contribution in [1.82, 2.24) is 9.80 Å². The van der Waals surface area contributed by atoms with Crippen LogP contribution in [0.3, 0.4) is 0 Å². The van der Waals surface area contributed by atoms with Crippen molar-refractivity contribution in [3.05, 3.63) is 89.0 Å². The zero-order chi connectivity index (χ0) is 26.1. The molecular weight excluding hydrogens is 482 g/mol. The van der Waals surface area contributed by atoms with E-state index in [-0.39, 0.29) is 25.2 Å². The summed E-state index contributed by atoms with van der Waals surface area (Å²) in [6.45, 7) is 4.49. The normalized spacial score (nSPS) is 17.0.